The maximum absolute atomic E-state index is 5.89. The van der Waals surface area contributed by atoms with Crippen molar-refractivity contribution in [3.63, 3.8) is 0 Å². The molecule has 0 amide bonds. The molecule has 2 fully saturated rings. The Bertz CT molecular complexity index is 219. The highest BCUT2D eigenvalue weighted by Crippen LogP contribution is 2.35. The van der Waals surface area contributed by atoms with Gasteiger partial charge >= 0.3 is 0 Å². The molecule has 0 aromatic rings. The first-order valence-electron chi connectivity index (χ1n) is 7.63. The average molecular weight is 238 g/mol. The minimum Gasteiger partial charge on any atom is -0.330 e. The van der Waals surface area contributed by atoms with E-state index in [4.69, 9.17) is 5.73 Å². The third kappa shape index (κ3) is 4.97. The molecule has 0 bridgehead atoms. The lowest BCUT2D eigenvalue weighted by Gasteiger charge is -2.25. The van der Waals surface area contributed by atoms with Gasteiger partial charge in [0.2, 0.25) is 0 Å². The molecule has 2 nitrogen and oxygen atoms in total. The molecule has 17 heavy (non-hydrogen) atoms. The molecular formula is C15H30N2. The Morgan fingerprint density at radius 2 is 1.88 bits per heavy atom. The van der Waals surface area contributed by atoms with Gasteiger partial charge in [0.15, 0.2) is 0 Å². The van der Waals surface area contributed by atoms with Crippen LogP contribution in [0.2, 0.25) is 0 Å². The summed E-state index contributed by atoms with van der Waals surface area (Å²) in [5, 5.41) is 0. The monoisotopic (exact) mass is 238 g/mol. The van der Waals surface area contributed by atoms with Crippen molar-refractivity contribution in [2.24, 2.45) is 23.5 Å². The highest BCUT2D eigenvalue weighted by Gasteiger charge is 2.33. The van der Waals surface area contributed by atoms with E-state index in [1.165, 1.54) is 51.6 Å². The van der Waals surface area contributed by atoms with Crippen molar-refractivity contribution in [3.05, 3.63) is 0 Å². The summed E-state index contributed by atoms with van der Waals surface area (Å²) in [6.07, 6.45) is 8.48. The molecule has 1 atom stereocenters. The van der Waals surface area contributed by atoms with Crippen LogP contribution in [0.3, 0.4) is 0 Å². The van der Waals surface area contributed by atoms with Crippen molar-refractivity contribution < 1.29 is 0 Å². The van der Waals surface area contributed by atoms with Crippen LogP contribution in [0.1, 0.15) is 52.4 Å². The Balaban J connectivity index is 1.68. The van der Waals surface area contributed by atoms with Gasteiger partial charge in [-0.1, -0.05) is 13.8 Å². The summed E-state index contributed by atoms with van der Waals surface area (Å²) in [5.41, 5.74) is 5.89. The molecule has 0 heterocycles. The summed E-state index contributed by atoms with van der Waals surface area (Å²) in [6.45, 7) is 8.18. The molecule has 0 aromatic heterocycles. The van der Waals surface area contributed by atoms with E-state index in [0.717, 1.165) is 30.3 Å². The SMILES string of the molecule is CC(C)CC(CN)CCN(CC1CC1)C1CC1. The fourth-order valence-electron chi connectivity index (χ4n) is 2.84. The highest BCUT2D eigenvalue weighted by atomic mass is 15.2. The molecule has 0 spiro atoms. The number of nitrogens with two attached hydrogens (primary N) is 1. The van der Waals surface area contributed by atoms with Gasteiger partial charge < -0.3 is 10.6 Å². The lowest BCUT2D eigenvalue weighted by atomic mass is 9.94. The largest absolute Gasteiger partial charge is 0.330 e. The van der Waals surface area contributed by atoms with Crippen molar-refractivity contribution in [2.75, 3.05) is 19.6 Å². The van der Waals surface area contributed by atoms with Crippen molar-refractivity contribution >= 4 is 0 Å². The van der Waals surface area contributed by atoms with Gasteiger partial charge in [0, 0.05) is 12.6 Å². The van der Waals surface area contributed by atoms with Gasteiger partial charge in [0.25, 0.3) is 0 Å². The maximum atomic E-state index is 5.89. The van der Waals surface area contributed by atoms with Crippen LogP contribution in [-0.2, 0) is 0 Å². The molecule has 0 aliphatic heterocycles. The molecule has 1 unspecified atom stereocenters. The zero-order chi connectivity index (χ0) is 12.3. The van der Waals surface area contributed by atoms with Crippen LogP contribution in [0.5, 0.6) is 0 Å². The predicted octanol–water partition coefficient (Wildman–Crippen LogP) is 2.87. The second-order valence-electron chi connectivity index (χ2n) is 6.69. The summed E-state index contributed by atoms with van der Waals surface area (Å²) in [7, 11) is 0. The second kappa shape index (κ2) is 6.19. The molecule has 0 aromatic carbocycles. The molecule has 2 aliphatic carbocycles. The minimum absolute atomic E-state index is 0.746. The first kappa shape index (κ1) is 13.4. The van der Waals surface area contributed by atoms with E-state index >= 15 is 0 Å². The topological polar surface area (TPSA) is 29.3 Å². The first-order chi connectivity index (χ1) is 8.19. The van der Waals surface area contributed by atoms with Gasteiger partial charge in [-0.05, 0) is 69.4 Å². The van der Waals surface area contributed by atoms with E-state index in [1.54, 1.807) is 0 Å². The van der Waals surface area contributed by atoms with Crippen LogP contribution in [0.25, 0.3) is 0 Å². The fraction of sp³-hybridized carbons (Fsp3) is 1.00. The van der Waals surface area contributed by atoms with Crippen LogP contribution in [-0.4, -0.2) is 30.6 Å². The average Bonchev–Trinajstić information content (AvgIpc) is 3.14. The molecule has 2 rings (SSSR count). The van der Waals surface area contributed by atoms with Crippen molar-refractivity contribution in [2.45, 2.75) is 58.4 Å². The van der Waals surface area contributed by atoms with Gasteiger partial charge in [-0.15, -0.1) is 0 Å². The number of hydrogen-bond acceptors (Lipinski definition) is 2. The van der Waals surface area contributed by atoms with E-state index in [0.29, 0.717) is 0 Å². The molecule has 2 heteroatoms. The second-order valence-corrected chi connectivity index (χ2v) is 6.69. The van der Waals surface area contributed by atoms with E-state index in [9.17, 15) is 0 Å². The van der Waals surface area contributed by atoms with Crippen LogP contribution < -0.4 is 5.73 Å². The van der Waals surface area contributed by atoms with Crippen LogP contribution in [0.15, 0.2) is 0 Å². The van der Waals surface area contributed by atoms with E-state index in [2.05, 4.69) is 18.7 Å². The Morgan fingerprint density at radius 3 is 2.35 bits per heavy atom. The minimum atomic E-state index is 0.746. The summed E-state index contributed by atoms with van der Waals surface area (Å²) < 4.78 is 0. The number of nitrogens with zero attached hydrogens (tertiary/aromatic N) is 1. The molecule has 2 aliphatic rings. The number of rotatable bonds is 9. The summed E-state index contributed by atoms with van der Waals surface area (Å²) in [6, 6.07) is 0.938. The Labute approximate surface area is 107 Å². The first-order valence-corrected chi connectivity index (χ1v) is 7.63. The lowest BCUT2D eigenvalue weighted by Crippen LogP contribution is -2.32. The van der Waals surface area contributed by atoms with E-state index in [1.807, 2.05) is 0 Å². The molecule has 0 saturated heterocycles. The Kier molecular flexibility index (Phi) is 4.87. The Hall–Kier alpha value is -0.0800. The fourth-order valence-corrected chi connectivity index (χ4v) is 2.84. The standard InChI is InChI=1S/C15H30N2/c1-12(2)9-14(10-16)7-8-17(15-5-6-15)11-13-3-4-13/h12-15H,3-11,16H2,1-2H3. The molecule has 100 valence electrons. The molecular weight excluding hydrogens is 208 g/mol. The molecule has 0 radical (unpaired) electrons. The van der Waals surface area contributed by atoms with Crippen LogP contribution in [0.4, 0.5) is 0 Å². The smallest absolute Gasteiger partial charge is 0.00965 e. The van der Waals surface area contributed by atoms with E-state index in [-0.39, 0.29) is 0 Å². The molecule has 2 saturated carbocycles. The predicted molar refractivity (Wildman–Crippen MR) is 73.9 cm³/mol. The van der Waals surface area contributed by atoms with Crippen LogP contribution >= 0.6 is 0 Å². The maximum Gasteiger partial charge on any atom is 0.00965 e. The third-order valence-electron chi connectivity index (χ3n) is 4.22. The highest BCUT2D eigenvalue weighted by molar-refractivity contribution is 4.88. The van der Waals surface area contributed by atoms with Gasteiger partial charge in [-0.2, -0.15) is 0 Å². The molecule has 2 N–H and O–H groups in total. The van der Waals surface area contributed by atoms with Crippen molar-refractivity contribution in [3.8, 4) is 0 Å². The van der Waals surface area contributed by atoms with Gasteiger partial charge in [-0.3, -0.25) is 0 Å². The van der Waals surface area contributed by atoms with Gasteiger partial charge in [-0.25, -0.2) is 0 Å². The summed E-state index contributed by atoms with van der Waals surface area (Å²) >= 11 is 0. The van der Waals surface area contributed by atoms with Crippen LogP contribution in [0, 0.1) is 17.8 Å². The Morgan fingerprint density at radius 1 is 1.18 bits per heavy atom. The van der Waals surface area contributed by atoms with Crippen molar-refractivity contribution in [1.82, 2.24) is 4.90 Å². The zero-order valence-electron chi connectivity index (χ0n) is 11.7. The van der Waals surface area contributed by atoms with Crippen molar-refractivity contribution in [1.29, 1.82) is 0 Å². The zero-order valence-corrected chi connectivity index (χ0v) is 11.7. The third-order valence-corrected chi connectivity index (χ3v) is 4.22. The summed E-state index contributed by atoms with van der Waals surface area (Å²) in [5.74, 6) is 2.58. The summed E-state index contributed by atoms with van der Waals surface area (Å²) in [4.78, 5) is 2.76. The normalized spacial score (nSPS) is 22.4. The quantitative estimate of drug-likeness (QED) is 0.669. The van der Waals surface area contributed by atoms with Gasteiger partial charge in [0.1, 0.15) is 0 Å². The van der Waals surface area contributed by atoms with E-state index < -0.39 is 0 Å². The van der Waals surface area contributed by atoms with Gasteiger partial charge in [0.05, 0.1) is 0 Å². The number of hydrogen-bond donors (Lipinski definition) is 1. The lowest BCUT2D eigenvalue weighted by molar-refractivity contribution is 0.226.